The lowest BCUT2D eigenvalue weighted by Crippen LogP contribution is -2.58. The zero-order valence-electron chi connectivity index (χ0n) is 13.2. The second-order valence-electron chi connectivity index (χ2n) is 7.48. The van der Waals surface area contributed by atoms with Crippen molar-refractivity contribution < 1.29 is 9.90 Å². The van der Waals surface area contributed by atoms with Crippen molar-refractivity contribution >= 4 is 11.6 Å². The number of rotatable bonds is 1. The maximum Gasteiger partial charge on any atom is 0.232 e. The van der Waals surface area contributed by atoms with Crippen LogP contribution in [-0.2, 0) is 4.79 Å². The summed E-state index contributed by atoms with van der Waals surface area (Å²) in [5.41, 5.74) is -0.666. The normalized spacial score (nSPS) is 33.1. The predicted molar refractivity (Wildman–Crippen MR) is 83.8 cm³/mol. The second-order valence-corrected chi connectivity index (χ2v) is 7.48. The molecule has 0 bridgehead atoms. The quantitative estimate of drug-likeness (QED) is 0.857. The number of hydrogen-bond acceptors (Lipinski definition) is 2. The van der Waals surface area contributed by atoms with Crippen molar-refractivity contribution in [2.24, 2.45) is 17.3 Å². The van der Waals surface area contributed by atoms with Gasteiger partial charge in [-0.3, -0.25) is 9.69 Å². The van der Waals surface area contributed by atoms with Crippen LogP contribution in [0.15, 0.2) is 30.3 Å². The molecule has 3 rings (SSSR count). The molecule has 2 fully saturated rings. The van der Waals surface area contributed by atoms with E-state index >= 15 is 0 Å². The molecule has 1 saturated heterocycles. The minimum atomic E-state index is -1.10. The summed E-state index contributed by atoms with van der Waals surface area (Å²) >= 11 is 0. The number of aliphatic hydroxyl groups is 1. The Morgan fingerprint density at radius 1 is 1.14 bits per heavy atom. The Morgan fingerprint density at radius 3 is 2.38 bits per heavy atom. The van der Waals surface area contributed by atoms with Gasteiger partial charge < -0.3 is 5.11 Å². The van der Waals surface area contributed by atoms with Gasteiger partial charge in [-0.05, 0) is 25.0 Å². The molecule has 21 heavy (non-hydrogen) atoms. The van der Waals surface area contributed by atoms with Crippen LogP contribution in [-0.4, -0.2) is 16.7 Å². The van der Waals surface area contributed by atoms with E-state index in [1.54, 1.807) is 4.90 Å². The van der Waals surface area contributed by atoms with Gasteiger partial charge in [-0.1, -0.05) is 51.8 Å². The fourth-order valence-electron chi connectivity index (χ4n) is 4.20. The minimum absolute atomic E-state index is 0.0248. The summed E-state index contributed by atoms with van der Waals surface area (Å²) in [6, 6.07) is 9.63. The highest BCUT2D eigenvalue weighted by atomic mass is 16.3. The van der Waals surface area contributed by atoms with Gasteiger partial charge in [0.25, 0.3) is 0 Å². The first-order chi connectivity index (χ1) is 9.87. The summed E-state index contributed by atoms with van der Waals surface area (Å²) in [5, 5.41) is 11.6. The first-order valence-corrected chi connectivity index (χ1v) is 7.99. The molecule has 1 aromatic carbocycles. The number of fused-ring (bicyclic) bond motifs is 1. The predicted octanol–water partition coefficient (Wildman–Crippen LogP) is 3.57. The molecule has 3 heteroatoms. The van der Waals surface area contributed by atoms with Crippen molar-refractivity contribution in [2.75, 3.05) is 4.90 Å². The van der Waals surface area contributed by atoms with Gasteiger partial charge in [-0.15, -0.1) is 0 Å². The summed E-state index contributed by atoms with van der Waals surface area (Å²) in [4.78, 5) is 14.7. The van der Waals surface area contributed by atoms with E-state index in [1.165, 1.54) is 0 Å². The number of para-hydroxylation sites is 1. The molecule has 0 spiro atoms. The van der Waals surface area contributed by atoms with Gasteiger partial charge in [0.1, 0.15) is 0 Å². The molecule has 1 heterocycles. The lowest BCUT2D eigenvalue weighted by molar-refractivity contribution is -0.122. The molecule has 1 N–H and O–H groups in total. The molecule has 1 aliphatic heterocycles. The van der Waals surface area contributed by atoms with Crippen molar-refractivity contribution in [3.05, 3.63) is 30.3 Å². The van der Waals surface area contributed by atoms with Gasteiger partial charge >= 0.3 is 0 Å². The van der Waals surface area contributed by atoms with Gasteiger partial charge in [0, 0.05) is 22.9 Å². The van der Waals surface area contributed by atoms with Crippen LogP contribution in [0.25, 0.3) is 0 Å². The van der Waals surface area contributed by atoms with Gasteiger partial charge in [-0.2, -0.15) is 0 Å². The van der Waals surface area contributed by atoms with E-state index < -0.39 is 5.72 Å². The third kappa shape index (κ3) is 2.02. The van der Waals surface area contributed by atoms with Crippen molar-refractivity contribution in [3.63, 3.8) is 0 Å². The Bertz CT molecular complexity index is 534. The SMILES string of the molecule is CC(C)(C)C1(O)C2CCCCC2C(=O)N1c1ccccc1. The fourth-order valence-corrected chi connectivity index (χ4v) is 4.20. The molecule has 114 valence electrons. The Morgan fingerprint density at radius 2 is 1.76 bits per heavy atom. The average molecular weight is 287 g/mol. The van der Waals surface area contributed by atoms with Crippen molar-refractivity contribution in [1.82, 2.24) is 0 Å². The number of carbonyl (C=O) groups is 1. The first kappa shape index (κ1) is 14.6. The molecular formula is C18H25NO2. The van der Waals surface area contributed by atoms with E-state index in [0.717, 1.165) is 31.4 Å². The van der Waals surface area contributed by atoms with Gasteiger partial charge in [0.15, 0.2) is 5.72 Å². The Kier molecular flexibility index (Phi) is 3.36. The maximum absolute atomic E-state index is 13.0. The third-order valence-electron chi connectivity index (χ3n) is 5.28. The number of anilines is 1. The van der Waals surface area contributed by atoms with Gasteiger partial charge in [0.05, 0.1) is 0 Å². The lowest BCUT2D eigenvalue weighted by atomic mass is 9.68. The fraction of sp³-hybridized carbons (Fsp3) is 0.611. The maximum atomic E-state index is 13.0. The Labute approximate surface area is 127 Å². The van der Waals surface area contributed by atoms with Crippen molar-refractivity contribution in [1.29, 1.82) is 0 Å². The molecule has 1 amide bonds. The molecule has 1 aromatic rings. The monoisotopic (exact) mass is 287 g/mol. The zero-order chi connectivity index (χ0) is 15.3. The number of hydrogen-bond donors (Lipinski definition) is 1. The molecule has 1 saturated carbocycles. The number of nitrogens with zero attached hydrogens (tertiary/aromatic N) is 1. The van der Waals surface area contributed by atoms with E-state index in [4.69, 9.17) is 0 Å². The Hall–Kier alpha value is -1.35. The molecule has 0 radical (unpaired) electrons. The number of benzene rings is 1. The smallest absolute Gasteiger partial charge is 0.232 e. The highest BCUT2D eigenvalue weighted by Gasteiger charge is 2.63. The van der Waals surface area contributed by atoms with E-state index in [-0.39, 0.29) is 23.2 Å². The summed E-state index contributed by atoms with van der Waals surface area (Å²) in [6.07, 6.45) is 4.05. The summed E-state index contributed by atoms with van der Waals surface area (Å²) in [6.45, 7) is 6.10. The zero-order valence-corrected chi connectivity index (χ0v) is 13.2. The van der Waals surface area contributed by atoms with Crippen molar-refractivity contribution in [2.45, 2.75) is 52.2 Å². The van der Waals surface area contributed by atoms with Crippen LogP contribution in [0.3, 0.4) is 0 Å². The molecule has 3 unspecified atom stereocenters. The van der Waals surface area contributed by atoms with Crippen LogP contribution in [0.5, 0.6) is 0 Å². The standard InChI is InChI=1S/C18H25NO2/c1-17(2,3)18(21)15-12-8-7-11-14(15)16(20)19(18)13-9-5-4-6-10-13/h4-6,9-10,14-15,21H,7-8,11-12H2,1-3H3. The highest BCUT2D eigenvalue weighted by Crippen LogP contribution is 2.54. The molecular weight excluding hydrogens is 262 g/mol. The van der Waals surface area contributed by atoms with Crippen LogP contribution >= 0.6 is 0 Å². The van der Waals surface area contributed by atoms with Gasteiger partial charge in [-0.25, -0.2) is 0 Å². The van der Waals surface area contributed by atoms with Crippen molar-refractivity contribution in [3.8, 4) is 0 Å². The summed E-state index contributed by atoms with van der Waals surface area (Å²) in [7, 11) is 0. The minimum Gasteiger partial charge on any atom is -0.370 e. The molecule has 0 aromatic heterocycles. The largest absolute Gasteiger partial charge is 0.370 e. The lowest BCUT2D eigenvalue weighted by Gasteiger charge is -2.47. The van der Waals surface area contributed by atoms with E-state index in [2.05, 4.69) is 0 Å². The molecule has 3 atom stereocenters. The van der Waals surface area contributed by atoms with Gasteiger partial charge in [0.2, 0.25) is 5.91 Å². The van der Waals surface area contributed by atoms with Crippen LogP contribution in [0, 0.1) is 17.3 Å². The van der Waals surface area contributed by atoms with Crippen LogP contribution in [0.4, 0.5) is 5.69 Å². The summed E-state index contributed by atoms with van der Waals surface area (Å²) in [5.74, 6) is 0.116. The van der Waals surface area contributed by atoms with Crippen LogP contribution in [0.1, 0.15) is 46.5 Å². The number of amides is 1. The number of carbonyl (C=O) groups excluding carboxylic acids is 1. The second kappa shape index (κ2) is 4.84. The topological polar surface area (TPSA) is 40.5 Å². The van der Waals surface area contributed by atoms with E-state index in [1.807, 2.05) is 51.1 Å². The average Bonchev–Trinajstić information content (AvgIpc) is 2.70. The van der Waals surface area contributed by atoms with E-state index in [9.17, 15) is 9.90 Å². The molecule has 3 nitrogen and oxygen atoms in total. The first-order valence-electron chi connectivity index (χ1n) is 7.99. The molecule has 2 aliphatic rings. The third-order valence-corrected chi connectivity index (χ3v) is 5.28. The molecule has 1 aliphatic carbocycles. The summed E-state index contributed by atoms with van der Waals surface area (Å²) < 4.78 is 0. The Balaban J connectivity index is 2.13. The van der Waals surface area contributed by atoms with E-state index in [0.29, 0.717) is 0 Å². The van der Waals surface area contributed by atoms with Crippen LogP contribution in [0.2, 0.25) is 0 Å². The highest BCUT2D eigenvalue weighted by molar-refractivity contribution is 5.99. The van der Waals surface area contributed by atoms with Crippen LogP contribution < -0.4 is 4.90 Å².